The number of nitrogens with zero attached hydrogens (tertiary/aromatic N) is 1. The van der Waals surface area contributed by atoms with Gasteiger partial charge >= 0.3 is 5.97 Å². The van der Waals surface area contributed by atoms with E-state index in [1.54, 1.807) is 39.1 Å². The second-order valence-electron chi connectivity index (χ2n) is 5.33. The van der Waals surface area contributed by atoms with Crippen LogP contribution in [-0.4, -0.2) is 35.5 Å². The van der Waals surface area contributed by atoms with Gasteiger partial charge in [-0.25, -0.2) is 4.39 Å². The number of carboxylic acid groups (broad SMARTS) is 1. The van der Waals surface area contributed by atoms with Crippen LogP contribution in [0.25, 0.3) is 0 Å². The Morgan fingerprint density at radius 3 is 2.45 bits per heavy atom. The molecule has 1 aromatic rings. The predicted octanol–water partition coefficient (Wildman–Crippen LogP) is 2.43. The largest absolute Gasteiger partial charge is 0.481 e. The standard InChI is InChI=1S/C15H20FNO3/c1-15(2,11-7-4-5-8-12(11)16)14(20)17(3)10-6-9-13(18)19/h4-5,7-8H,6,9-10H2,1-3H3,(H,18,19). The first kappa shape index (κ1) is 16.1. The van der Waals surface area contributed by atoms with E-state index in [0.29, 0.717) is 18.5 Å². The van der Waals surface area contributed by atoms with Gasteiger partial charge in [0.1, 0.15) is 5.82 Å². The quantitative estimate of drug-likeness (QED) is 0.871. The van der Waals surface area contributed by atoms with E-state index in [4.69, 9.17) is 5.11 Å². The molecule has 1 amide bonds. The molecule has 0 aromatic heterocycles. The van der Waals surface area contributed by atoms with Gasteiger partial charge < -0.3 is 10.0 Å². The summed E-state index contributed by atoms with van der Waals surface area (Å²) in [4.78, 5) is 24.3. The summed E-state index contributed by atoms with van der Waals surface area (Å²) in [5.41, 5.74) is -0.640. The predicted molar refractivity (Wildman–Crippen MR) is 73.9 cm³/mol. The third kappa shape index (κ3) is 3.79. The van der Waals surface area contributed by atoms with Gasteiger partial charge in [0.25, 0.3) is 0 Å². The molecular formula is C15H20FNO3. The molecule has 110 valence electrons. The molecule has 0 aliphatic carbocycles. The van der Waals surface area contributed by atoms with Crippen LogP contribution in [0, 0.1) is 5.82 Å². The fourth-order valence-corrected chi connectivity index (χ4v) is 2.13. The lowest BCUT2D eigenvalue weighted by Gasteiger charge is -2.30. The molecule has 0 saturated carbocycles. The van der Waals surface area contributed by atoms with Crippen molar-refractivity contribution < 1.29 is 19.1 Å². The molecule has 0 aliphatic heterocycles. The molecule has 0 atom stereocenters. The first-order valence-corrected chi connectivity index (χ1v) is 6.49. The van der Waals surface area contributed by atoms with Crippen molar-refractivity contribution in [2.45, 2.75) is 32.1 Å². The van der Waals surface area contributed by atoms with E-state index in [9.17, 15) is 14.0 Å². The van der Waals surface area contributed by atoms with Crippen molar-refractivity contribution in [3.8, 4) is 0 Å². The fraction of sp³-hybridized carbons (Fsp3) is 0.467. The fourth-order valence-electron chi connectivity index (χ4n) is 2.13. The topological polar surface area (TPSA) is 57.6 Å². The van der Waals surface area contributed by atoms with E-state index in [-0.39, 0.29) is 12.3 Å². The summed E-state index contributed by atoms with van der Waals surface area (Å²) in [5.74, 6) is -1.53. The summed E-state index contributed by atoms with van der Waals surface area (Å²) in [6.07, 6.45) is 0.392. The number of carboxylic acids is 1. The molecule has 0 bridgehead atoms. The molecule has 0 spiro atoms. The summed E-state index contributed by atoms with van der Waals surface area (Å²) in [7, 11) is 1.60. The SMILES string of the molecule is CN(CCCC(=O)O)C(=O)C(C)(C)c1ccccc1F. The van der Waals surface area contributed by atoms with Crippen LogP contribution in [0.5, 0.6) is 0 Å². The number of benzene rings is 1. The van der Waals surface area contributed by atoms with Crippen molar-refractivity contribution in [3.63, 3.8) is 0 Å². The Morgan fingerprint density at radius 1 is 1.30 bits per heavy atom. The van der Waals surface area contributed by atoms with Gasteiger partial charge in [-0.05, 0) is 26.3 Å². The Kier molecular flexibility index (Phi) is 5.25. The van der Waals surface area contributed by atoms with Crippen LogP contribution in [0.3, 0.4) is 0 Å². The molecule has 0 fully saturated rings. The van der Waals surface area contributed by atoms with Crippen LogP contribution in [0.15, 0.2) is 24.3 Å². The second-order valence-corrected chi connectivity index (χ2v) is 5.33. The number of carbonyl (C=O) groups is 2. The van der Waals surface area contributed by atoms with Crippen LogP contribution in [0.4, 0.5) is 4.39 Å². The van der Waals surface area contributed by atoms with Gasteiger partial charge in [-0.15, -0.1) is 0 Å². The number of likely N-dealkylation sites (N-methyl/N-ethyl adjacent to an activating group) is 1. The summed E-state index contributed by atoms with van der Waals surface area (Å²) >= 11 is 0. The lowest BCUT2D eigenvalue weighted by Crippen LogP contribution is -2.42. The molecule has 1 N–H and O–H groups in total. The van der Waals surface area contributed by atoms with Gasteiger partial charge in [-0.3, -0.25) is 9.59 Å². The van der Waals surface area contributed by atoms with E-state index >= 15 is 0 Å². The lowest BCUT2D eigenvalue weighted by molar-refractivity contribution is -0.139. The Hall–Kier alpha value is -1.91. The van der Waals surface area contributed by atoms with Gasteiger partial charge in [-0.1, -0.05) is 18.2 Å². The molecule has 0 aliphatic rings. The highest BCUT2D eigenvalue weighted by Gasteiger charge is 2.34. The maximum atomic E-state index is 13.8. The number of halogens is 1. The zero-order chi connectivity index (χ0) is 15.3. The van der Waals surface area contributed by atoms with Crippen molar-refractivity contribution in [2.24, 2.45) is 0 Å². The van der Waals surface area contributed by atoms with Gasteiger partial charge in [0.05, 0.1) is 5.41 Å². The minimum absolute atomic E-state index is 0.0117. The molecule has 1 rings (SSSR count). The second kappa shape index (κ2) is 6.50. The van der Waals surface area contributed by atoms with E-state index in [1.807, 2.05) is 0 Å². The van der Waals surface area contributed by atoms with E-state index in [1.165, 1.54) is 11.0 Å². The summed E-state index contributed by atoms with van der Waals surface area (Å²) in [5, 5.41) is 8.59. The van der Waals surface area contributed by atoms with Gasteiger partial charge in [-0.2, -0.15) is 0 Å². The lowest BCUT2D eigenvalue weighted by atomic mass is 9.83. The monoisotopic (exact) mass is 281 g/mol. The molecule has 0 unspecified atom stereocenters. The minimum atomic E-state index is -0.983. The Balaban J connectivity index is 2.79. The summed E-state index contributed by atoms with van der Waals surface area (Å²) < 4.78 is 13.8. The van der Waals surface area contributed by atoms with Crippen LogP contribution >= 0.6 is 0 Å². The minimum Gasteiger partial charge on any atom is -0.481 e. The number of hydrogen-bond donors (Lipinski definition) is 1. The van der Waals surface area contributed by atoms with Crippen LogP contribution in [-0.2, 0) is 15.0 Å². The summed E-state index contributed by atoms with van der Waals surface area (Å²) in [6, 6.07) is 6.20. The van der Waals surface area contributed by atoms with Crippen molar-refractivity contribution >= 4 is 11.9 Å². The zero-order valence-electron chi connectivity index (χ0n) is 12.0. The average molecular weight is 281 g/mol. The molecule has 5 heteroatoms. The molecule has 0 radical (unpaired) electrons. The highest BCUT2D eigenvalue weighted by atomic mass is 19.1. The highest BCUT2D eigenvalue weighted by molar-refractivity contribution is 5.87. The normalized spacial score (nSPS) is 11.2. The van der Waals surface area contributed by atoms with Gasteiger partial charge in [0, 0.05) is 25.6 Å². The third-order valence-corrected chi connectivity index (χ3v) is 3.31. The average Bonchev–Trinajstić information content (AvgIpc) is 2.37. The molecular weight excluding hydrogens is 261 g/mol. The van der Waals surface area contributed by atoms with Crippen molar-refractivity contribution in [1.82, 2.24) is 4.90 Å². The van der Waals surface area contributed by atoms with Crippen LogP contribution < -0.4 is 0 Å². The van der Waals surface area contributed by atoms with Gasteiger partial charge in [0.15, 0.2) is 0 Å². The highest BCUT2D eigenvalue weighted by Crippen LogP contribution is 2.27. The smallest absolute Gasteiger partial charge is 0.303 e. The third-order valence-electron chi connectivity index (χ3n) is 3.31. The molecule has 4 nitrogen and oxygen atoms in total. The number of amides is 1. The maximum absolute atomic E-state index is 13.8. The molecule has 20 heavy (non-hydrogen) atoms. The molecule has 1 aromatic carbocycles. The van der Waals surface area contributed by atoms with Crippen molar-refractivity contribution in [3.05, 3.63) is 35.6 Å². The number of hydrogen-bond acceptors (Lipinski definition) is 2. The number of rotatable bonds is 6. The Bertz CT molecular complexity index is 500. The van der Waals surface area contributed by atoms with E-state index in [2.05, 4.69) is 0 Å². The van der Waals surface area contributed by atoms with Crippen LogP contribution in [0.1, 0.15) is 32.3 Å². The van der Waals surface area contributed by atoms with Crippen molar-refractivity contribution in [1.29, 1.82) is 0 Å². The maximum Gasteiger partial charge on any atom is 0.303 e. The Morgan fingerprint density at radius 2 is 1.90 bits per heavy atom. The number of carbonyl (C=O) groups excluding carboxylic acids is 1. The zero-order valence-corrected chi connectivity index (χ0v) is 12.0. The first-order chi connectivity index (χ1) is 9.26. The number of aliphatic carboxylic acids is 1. The Labute approximate surface area is 118 Å². The molecule has 0 heterocycles. The molecule has 0 saturated heterocycles. The van der Waals surface area contributed by atoms with Crippen molar-refractivity contribution in [2.75, 3.05) is 13.6 Å². The van der Waals surface area contributed by atoms with E-state index < -0.39 is 17.2 Å². The van der Waals surface area contributed by atoms with Crippen LogP contribution in [0.2, 0.25) is 0 Å². The summed E-state index contributed by atoms with van der Waals surface area (Å²) in [6.45, 7) is 3.67. The first-order valence-electron chi connectivity index (χ1n) is 6.49. The van der Waals surface area contributed by atoms with E-state index in [0.717, 1.165) is 0 Å². The van der Waals surface area contributed by atoms with Gasteiger partial charge in [0.2, 0.25) is 5.91 Å².